The molecule has 2 aliphatic heterocycles. The van der Waals surface area contributed by atoms with Gasteiger partial charge in [0.05, 0.1) is 5.69 Å². The maximum absolute atomic E-state index is 14.2. The minimum absolute atomic E-state index is 0.0935. The number of amides is 1. The van der Waals surface area contributed by atoms with E-state index in [0.717, 1.165) is 37.6 Å². The summed E-state index contributed by atoms with van der Waals surface area (Å²) in [5, 5.41) is 0. The molecule has 2 heterocycles. The Hall–Kier alpha value is -2.27. The van der Waals surface area contributed by atoms with Crippen LogP contribution >= 0.6 is 0 Å². The minimum Gasteiger partial charge on any atom is -0.310 e. The Balaban J connectivity index is 1.73. The van der Waals surface area contributed by atoms with Gasteiger partial charge in [-0.05, 0) is 50.4 Å². The fraction of sp³-hybridized carbons (Fsp3) is 0.381. The van der Waals surface area contributed by atoms with E-state index in [1.807, 2.05) is 30.3 Å². The SMILES string of the molecule is O=C(C(c1ccccc1)N1CCCC1)N1CCCc2c(F)cc(F)cc21. The molecule has 1 atom stereocenters. The third kappa shape index (κ3) is 3.12. The van der Waals surface area contributed by atoms with Crippen LogP contribution in [0.3, 0.4) is 0 Å². The molecule has 1 fully saturated rings. The van der Waals surface area contributed by atoms with E-state index < -0.39 is 17.7 Å². The van der Waals surface area contributed by atoms with Crippen molar-refractivity contribution in [1.82, 2.24) is 4.90 Å². The predicted molar refractivity (Wildman–Crippen MR) is 97.0 cm³/mol. The smallest absolute Gasteiger partial charge is 0.248 e. The van der Waals surface area contributed by atoms with Crippen molar-refractivity contribution in [3.05, 3.63) is 65.2 Å². The van der Waals surface area contributed by atoms with Crippen LogP contribution in [0, 0.1) is 11.6 Å². The van der Waals surface area contributed by atoms with Gasteiger partial charge in [0.2, 0.25) is 5.91 Å². The highest BCUT2D eigenvalue weighted by Crippen LogP contribution is 2.34. The lowest BCUT2D eigenvalue weighted by Gasteiger charge is -2.35. The van der Waals surface area contributed by atoms with Crippen LogP contribution < -0.4 is 4.90 Å². The van der Waals surface area contributed by atoms with Crippen LogP contribution in [0.1, 0.15) is 36.4 Å². The number of benzene rings is 2. The second-order valence-corrected chi connectivity index (χ2v) is 7.04. The minimum atomic E-state index is -0.640. The van der Waals surface area contributed by atoms with E-state index in [-0.39, 0.29) is 5.91 Å². The van der Waals surface area contributed by atoms with E-state index in [4.69, 9.17) is 0 Å². The van der Waals surface area contributed by atoms with Crippen molar-refractivity contribution < 1.29 is 13.6 Å². The van der Waals surface area contributed by atoms with E-state index in [9.17, 15) is 13.6 Å². The molecule has 0 N–H and O–H groups in total. The number of likely N-dealkylation sites (tertiary alicyclic amines) is 1. The highest BCUT2D eigenvalue weighted by Gasteiger charge is 2.35. The summed E-state index contributed by atoms with van der Waals surface area (Å²) in [7, 11) is 0. The standard InChI is InChI=1S/C21H22F2N2O/c22-16-13-18(23)17-9-6-12-25(19(17)14-16)21(26)20(24-10-4-5-11-24)15-7-2-1-3-8-15/h1-3,7-8,13-14,20H,4-6,9-12H2. The summed E-state index contributed by atoms with van der Waals surface area (Å²) in [6, 6.07) is 11.5. The van der Waals surface area contributed by atoms with Gasteiger partial charge < -0.3 is 4.90 Å². The topological polar surface area (TPSA) is 23.6 Å². The van der Waals surface area contributed by atoms with Crippen LogP contribution in [-0.4, -0.2) is 30.4 Å². The van der Waals surface area contributed by atoms with Crippen LogP contribution in [0.4, 0.5) is 14.5 Å². The summed E-state index contributed by atoms with van der Waals surface area (Å²) in [5.41, 5.74) is 1.77. The molecule has 1 amide bonds. The van der Waals surface area contributed by atoms with Crippen molar-refractivity contribution in [1.29, 1.82) is 0 Å². The number of anilines is 1. The monoisotopic (exact) mass is 356 g/mol. The lowest BCUT2D eigenvalue weighted by molar-refractivity contribution is -0.123. The Morgan fingerprint density at radius 2 is 1.69 bits per heavy atom. The number of hydrogen-bond donors (Lipinski definition) is 0. The highest BCUT2D eigenvalue weighted by molar-refractivity contribution is 5.98. The summed E-state index contributed by atoms with van der Waals surface area (Å²) < 4.78 is 28.0. The Morgan fingerprint density at radius 3 is 2.42 bits per heavy atom. The second kappa shape index (κ2) is 7.16. The van der Waals surface area contributed by atoms with Gasteiger partial charge >= 0.3 is 0 Å². The van der Waals surface area contributed by atoms with E-state index in [1.54, 1.807) is 4.90 Å². The van der Waals surface area contributed by atoms with E-state index in [1.165, 1.54) is 6.07 Å². The van der Waals surface area contributed by atoms with Crippen molar-refractivity contribution in [2.75, 3.05) is 24.5 Å². The molecule has 2 aromatic rings. The average Bonchev–Trinajstić information content (AvgIpc) is 3.16. The van der Waals surface area contributed by atoms with Crippen molar-refractivity contribution in [3.63, 3.8) is 0 Å². The normalized spacial score (nSPS) is 18.6. The number of carbonyl (C=O) groups excluding carboxylic acids is 1. The molecular formula is C21H22F2N2O. The molecular weight excluding hydrogens is 334 g/mol. The van der Waals surface area contributed by atoms with Crippen molar-refractivity contribution in [2.24, 2.45) is 0 Å². The first-order chi connectivity index (χ1) is 12.6. The van der Waals surface area contributed by atoms with Gasteiger partial charge in [0.15, 0.2) is 0 Å². The number of carbonyl (C=O) groups is 1. The lowest BCUT2D eigenvalue weighted by Crippen LogP contribution is -2.44. The fourth-order valence-corrected chi connectivity index (χ4v) is 4.13. The largest absolute Gasteiger partial charge is 0.310 e. The van der Waals surface area contributed by atoms with Crippen molar-refractivity contribution in [3.8, 4) is 0 Å². The molecule has 136 valence electrons. The molecule has 4 rings (SSSR count). The summed E-state index contributed by atoms with van der Waals surface area (Å²) in [5.74, 6) is -1.29. The molecule has 0 spiro atoms. The quantitative estimate of drug-likeness (QED) is 0.827. The number of halogens is 2. The van der Waals surface area contributed by atoms with Crippen LogP contribution in [0.15, 0.2) is 42.5 Å². The molecule has 0 bridgehead atoms. The molecule has 0 aliphatic carbocycles. The summed E-state index contributed by atoms with van der Waals surface area (Å²) >= 11 is 0. The molecule has 1 unspecified atom stereocenters. The number of fused-ring (bicyclic) bond motifs is 1. The molecule has 26 heavy (non-hydrogen) atoms. The zero-order valence-electron chi connectivity index (χ0n) is 14.6. The Bertz CT molecular complexity index is 803. The first-order valence-electron chi connectivity index (χ1n) is 9.23. The molecule has 3 nitrogen and oxygen atoms in total. The molecule has 2 aromatic carbocycles. The Morgan fingerprint density at radius 1 is 0.962 bits per heavy atom. The average molecular weight is 356 g/mol. The van der Waals surface area contributed by atoms with Gasteiger partial charge in [-0.15, -0.1) is 0 Å². The van der Waals surface area contributed by atoms with Crippen molar-refractivity contribution in [2.45, 2.75) is 31.7 Å². The highest BCUT2D eigenvalue weighted by atomic mass is 19.1. The first-order valence-corrected chi connectivity index (χ1v) is 9.23. The summed E-state index contributed by atoms with van der Waals surface area (Å²) in [6.45, 7) is 2.22. The Kier molecular flexibility index (Phi) is 4.72. The van der Waals surface area contributed by atoms with Gasteiger partial charge in [0.1, 0.15) is 17.7 Å². The van der Waals surface area contributed by atoms with Gasteiger partial charge in [0.25, 0.3) is 0 Å². The third-order valence-electron chi connectivity index (χ3n) is 5.36. The molecule has 5 heteroatoms. The third-order valence-corrected chi connectivity index (χ3v) is 5.36. The maximum Gasteiger partial charge on any atom is 0.248 e. The molecule has 2 aliphatic rings. The second-order valence-electron chi connectivity index (χ2n) is 7.04. The van der Waals surface area contributed by atoms with Gasteiger partial charge in [-0.25, -0.2) is 8.78 Å². The number of hydrogen-bond acceptors (Lipinski definition) is 2. The molecule has 1 saturated heterocycles. The van der Waals surface area contributed by atoms with E-state index in [2.05, 4.69) is 4.90 Å². The van der Waals surface area contributed by atoms with Gasteiger partial charge in [-0.2, -0.15) is 0 Å². The van der Waals surface area contributed by atoms with Crippen LogP contribution in [-0.2, 0) is 11.2 Å². The van der Waals surface area contributed by atoms with E-state index >= 15 is 0 Å². The van der Waals surface area contributed by atoms with Crippen LogP contribution in [0.5, 0.6) is 0 Å². The zero-order chi connectivity index (χ0) is 18.1. The molecule has 0 aromatic heterocycles. The Labute approximate surface area is 152 Å². The number of rotatable bonds is 3. The summed E-state index contributed by atoms with van der Waals surface area (Å²) in [4.78, 5) is 17.3. The maximum atomic E-state index is 14.2. The van der Waals surface area contributed by atoms with Gasteiger partial charge in [-0.1, -0.05) is 30.3 Å². The summed E-state index contributed by atoms with van der Waals surface area (Å²) in [6.07, 6.45) is 3.35. The first kappa shape index (κ1) is 17.2. The predicted octanol–water partition coefficient (Wildman–Crippen LogP) is 4.08. The lowest BCUT2D eigenvalue weighted by atomic mass is 9.98. The van der Waals surface area contributed by atoms with Crippen molar-refractivity contribution >= 4 is 11.6 Å². The van der Waals surface area contributed by atoms with Crippen LogP contribution in [0.25, 0.3) is 0 Å². The van der Waals surface area contributed by atoms with Gasteiger partial charge in [0, 0.05) is 18.2 Å². The number of nitrogens with zero attached hydrogens (tertiary/aromatic N) is 2. The molecule has 0 radical (unpaired) electrons. The van der Waals surface area contributed by atoms with Crippen LogP contribution in [0.2, 0.25) is 0 Å². The zero-order valence-corrected chi connectivity index (χ0v) is 14.6. The molecule has 0 saturated carbocycles. The van der Waals surface area contributed by atoms with Gasteiger partial charge in [-0.3, -0.25) is 9.69 Å². The fourth-order valence-electron chi connectivity index (χ4n) is 4.13. The van der Waals surface area contributed by atoms with E-state index in [0.29, 0.717) is 30.6 Å².